The number of hydrogen-bond acceptors (Lipinski definition) is 5. The van der Waals surface area contributed by atoms with Crippen molar-refractivity contribution in [1.29, 1.82) is 0 Å². The van der Waals surface area contributed by atoms with Gasteiger partial charge in [0.1, 0.15) is 12.3 Å². The van der Waals surface area contributed by atoms with Crippen LogP contribution in [0.25, 0.3) is 11.5 Å². The van der Waals surface area contributed by atoms with Gasteiger partial charge in [-0.3, -0.25) is 9.78 Å². The molecular formula is C15H16N4O2. The molecule has 6 nitrogen and oxygen atoms in total. The zero-order chi connectivity index (χ0) is 14.5. The van der Waals surface area contributed by atoms with E-state index in [-0.39, 0.29) is 5.91 Å². The fourth-order valence-corrected chi connectivity index (χ4v) is 2.23. The van der Waals surface area contributed by atoms with Crippen LogP contribution in [0.1, 0.15) is 12.8 Å². The molecule has 2 aromatic rings. The first-order chi connectivity index (χ1) is 10.3. The van der Waals surface area contributed by atoms with Crippen LogP contribution in [0.15, 0.2) is 36.8 Å². The van der Waals surface area contributed by atoms with Gasteiger partial charge < -0.3 is 9.64 Å². The number of pyridine rings is 1. The second-order valence-corrected chi connectivity index (χ2v) is 4.79. The monoisotopic (exact) mass is 284 g/mol. The molecule has 1 fully saturated rings. The highest BCUT2D eigenvalue weighted by Gasteiger charge is 2.19. The van der Waals surface area contributed by atoms with Gasteiger partial charge in [0, 0.05) is 19.2 Å². The molecule has 2 aromatic heterocycles. The molecule has 0 atom stereocenters. The summed E-state index contributed by atoms with van der Waals surface area (Å²) in [6.45, 7) is 1.90. The van der Waals surface area contributed by atoms with E-state index in [0.717, 1.165) is 18.7 Å². The van der Waals surface area contributed by atoms with Crippen molar-refractivity contribution < 1.29 is 9.53 Å². The van der Waals surface area contributed by atoms with Gasteiger partial charge in [-0.05, 0) is 18.6 Å². The third-order valence-corrected chi connectivity index (χ3v) is 3.32. The number of carbonyl (C=O) groups is 1. The highest BCUT2D eigenvalue weighted by atomic mass is 16.5. The summed E-state index contributed by atoms with van der Waals surface area (Å²) in [4.78, 5) is 25.9. The molecular weight excluding hydrogens is 268 g/mol. The van der Waals surface area contributed by atoms with E-state index in [1.807, 2.05) is 23.1 Å². The lowest BCUT2D eigenvalue weighted by Crippen LogP contribution is -2.29. The summed E-state index contributed by atoms with van der Waals surface area (Å²) in [5.41, 5.74) is 0.728. The summed E-state index contributed by atoms with van der Waals surface area (Å²) >= 11 is 0. The summed E-state index contributed by atoms with van der Waals surface area (Å²) in [6.07, 6.45) is 6.56. The molecule has 0 saturated carbocycles. The van der Waals surface area contributed by atoms with Crippen LogP contribution in [0.3, 0.4) is 0 Å². The molecule has 6 heteroatoms. The van der Waals surface area contributed by atoms with E-state index in [4.69, 9.17) is 4.74 Å². The summed E-state index contributed by atoms with van der Waals surface area (Å²) in [7, 11) is 0. The van der Waals surface area contributed by atoms with E-state index in [0.29, 0.717) is 31.1 Å². The van der Waals surface area contributed by atoms with Crippen molar-refractivity contribution >= 4 is 5.91 Å². The second-order valence-electron chi connectivity index (χ2n) is 4.79. The predicted molar refractivity (Wildman–Crippen MR) is 76.6 cm³/mol. The van der Waals surface area contributed by atoms with Gasteiger partial charge in [-0.15, -0.1) is 0 Å². The van der Waals surface area contributed by atoms with Gasteiger partial charge in [0.15, 0.2) is 11.6 Å². The SMILES string of the molecule is O=C1CCCN1CCOc1cnc(-c2ccccn2)nc1. The maximum atomic E-state index is 11.5. The zero-order valence-corrected chi connectivity index (χ0v) is 11.6. The standard InChI is InChI=1S/C15H16N4O2/c20-14-5-3-7-19(14)8-9-21-12-10-17-15(18-11-12)13-4-1-2-6-16-13/h1-2,4,6,10-11H,3,5,7-9H2. The van der Waals surface area contributed by atoms with Crippen molar-refractivity contribution in [3.8, 4) is 17.3 Å². The minimum absolute atomic E-state index is 0.209. The fourth-order valence-electron chi connectivity index (χ4n) is 2.23. The lowest BCUT2D eigenvalue weighted by atomic mass is 10.3. The van der Waals surface area contributed by atoms with E-state index in [9.17, 15) is 4.79 Å². The molecule has 0 bridgehead atoms. The number of likely N-dealkylation sites (tertiary alicyclic amines) is 1. The molecule has 0 N–H and O–H groups in total. The van der Waals surface area contributed by atoms with Gasteiger partial charge in [0.05, 0.1) is 18.9 Å². The molecule has 0 aliphatic carbocycles. The van der Waals surface area contributed by atoms with Gasteiger partial charge in [0.2, 0.25) is 5.91 Å². The van der Waals surface area contributed by atoms with E-state index >= 15 is 0 Å². The smallest absolute Gasteiger partial charge is 0.222 e. The van der Waals surface area contributed by atoms with Crippen LogP contribution in [0, 0.1) is 0 Å². The largest absolute Gasteiger partial charge is 0.489 e. The van der Waals surface area contributed by atoms with Crippen molar-refractivity contribution in [2.24, 2.45) is 0 Å². The number of aromatic nitrogens is 3. The van der Waals surface area contributed by atoms with Crippen LogP contribution in [0.2, 0.25) is 0 Å². The van der Waals surface area contributed by atoms with E-state index in [2.05, 4.69) is 15.0 Å². The Morgan fingerprint density at radius 2 is 2.05 bits per heavy atom. The quantitative estimate of drug-likeness (QED) is 0.833. The predicted octanol–water partition coefficient (Wildman–Crippen LogP) is 1.54. The average Bonchev–Trinajstić information content (AvgIpc) is 2.94. The van der Waals surface area contributed by atoms with Crippen molar-refractivity contribution in [2.45, 2.75) is 12.8 Å². The molecule has 3 rings (SSSR count). The van der Waals surface area contributed by atoms with Gasteiger partial charge in [-0.2, -0.15) is 0 Å². The molecule has 21 heavy (non-hydrogen) atoms. The first-order valence-corrected chi connectivity index (χ1v) is 6.97. The van der Waals surface area contributed by atoms with Crippen molar-refractivity contribution in [3.05, 3.63) is 36.8 Å². The summed E-state index contributed by atoms with van der Waals surface area (Å²) in [6, 6.07) is 5.60. The Kier molecular flexibility index (Phi) is 4.04. The number of carbonyl (C=O) groups excluding carboxylic acids is 1. The van der Waals surface area contributed by atoms with Crippen LogP contribution < -0.4 is 4.74 Å². The highest BCUT2D eigenvalue weighted by molar-refractivity contribution is 5.78. The van der Waals surface area contributed by atoms with Crippen molar-refractivity contribution in [1.82, 2.24) is 19.9 Å². The van der Waals surface area contributed by atoms with Gasteiger partial charge >= 0.3 is 0 Å². The molecule has 0 radical (unpaired) electrons. The zero-order valence-electron chi connectivity index (χ0n) is 11.6. The maximum Gasteiger partial charge on any atom is 0.222 e. The molecule has 3 heterocycles. The average molecular weight is 284 g/mol. The molecule has 108 valence electrons. The minimum atomic E-state index is 0.209. The lowest BCUT2D eigenvalue weighted by molar-refractivity contribution is -0.128. The first kappa shape index (κ1) is 13.5. The van der Waals surface area contributed by atoms with Crippen molar-refractivity contribution in [3.63, 3.8) is 0 Å². The number of ether oxygens (including phenoxy) is 1. The molecule has 0 aromatic carbocycles. The van der Waals surface area contributed by atoms with Crippen LogP contribution >= 0.6 is 0 Å². The third kappa shape index (κ3) is 3.34. The Morgan fingerprint density at radius 3 is 2.71 bits per heavy atom. The number of amides is 1. The highest BCUT2D eigenvalue weighted by Crippen LogP contribution is 2.14. The van der Waals surface area contributed by atoms with Crippen molar-refractivity contribution in [2.75, 3.05) is 19.7 Å². The van der Waals surface area contributed by atoms with E-state index in [1.165, 1.54) is 0 Å². The second kappa shape index (κ2) is 6.30. The minimum Gasteiger partial charge on any atom is -0.489 e. The topological polar surface area (TPSA) is 68.2 Å². The summed E-state index contributed by atoms with van der Waals surface area (Å²) < 4.78 is 5.57. The van der Waals surface area contributed by atoms with E-state index < -0.39 is 0 Å². The van der Waals surface area contributed by atoms with E-state index in [1.54, 1.807) is 18.6 Å². The summed E-state index contributed by atoms with van der Waals surface area (Å²) in [5.74, 6) is 1.37. The molecule has 1 saturated heterocycles. The maximum absolute atomic E-state index is 11.5. The van der Waals surface area contributed by atoms with Gasteiger partial charge in [0.25, 0.3) is 0 Å². The Hall–Kier alpha value is -2.50. The third-order valence-electron chi connectivity index (χ3n) is 3.32. The first-order valence-electron chi connectivity index (χ1n) is 6.97. The van der Waals surface area contributed by atoms with Crippen LogP contribution in [0.4, 0.5) is 0 Å². The lowest BCUT2D eigenvalue weighted by Gasteiger charge is -2.15. The van der Waals surface area contributed by atoms with Gasteiger partial charge in [-0.25, -0.2) is 9.97 Å². The Bertz CT molecular complexity index is 601. The van der Waals surface area contributed by atoms with Crippen LogP contribution in [-0.2, 0) is 4.79 Å². The number of rotatable bonds is 5. The van der Waals surface area contributed by atoms with Gasteiger partial charge in [-0.1, -0.05) is 6.07 Å². The molecule has 0 spiro atoms. The number of hydrogen-bond donors (Lipinski definition) is 0. The summed E-state index contributed by atoms with van der Waals surface area (Å²) in [5, 5.41) is 0. The Labute approximate surface area is 122 Å². The fraction of sp³-hybridized carbons (Fsp3) is 0.333. The Morgan fingerprint density at radius 1 is 1.19 bits per heavy atom. The number of nitrogens with zero attached hydrogens (tertiary/aromatic N) is 4. The van der Waals surface area contributed by atoms with Crippen LogP contribution in [-0.4, -0.2) is 45.5 Å². The molecule has 1 amide bonds. The Balaban J connectivity index is 1.54. The molecule has 0 unspecified atom stereocenters. The normalized spacial score (nSPS) is 14.5. The molecule has 1 aliphatic rings. The molecule has 1 aliphatic heterocycles. The van der Waals surface area contributed by atoms with Crippen LogP contribution in [0.5, 0.6) is 5.75 Å².